The maximum atomic E-state index is 4.99. The smallest absolute Gasteiger partial charge is 0.164 e. The monoisotopic (exact) mass is 730 g/mol. The summed E-state index contributed by atoms with van der Waals surface area (Å²) in [6.45, 7) is 4.40. The van der Waals surface area contributed by atoms with Crippen LogP contribution >= 0.6 is 0 Å². The molecule has 0 N–H and O–H groups in total. The Hall–Kier alpha value is -7.17. The molecule has 0 fully saturated rings. The van der Waals surface area contributed by atoms with Crippen molar-refractivity contribution < 1.29 is 0 Å². The lowest BCUT2D eigenvalue weighted by molar-refractivity contribution is 0.742. The molecule has 0 saturated heterocycles. The third kappa shape index (κ3) is 4.83. The molecule has 4 nitrogen and oxygen atoms in total. The van der Waals surface area contributed by atoms with Crippen LogP contribution in [0.2, 0.25) is 0 Å². The fourth-order valence-electron chi connectivity index (χ4n) is 9.55. The summed E-state index contributed by atoms with van der Waals surface area (Å²) in [4.78, 5) is 14.9. The van der Waals surface area contributed by atoms with E-state index in [0.29, 0.717) is 17.5 Å². The van der Waals surface area contributed by atoms with Crippen LogP contribution in [0.3, 0.4) is 0 Å². The quantitative estimate of drug-likeness (QED) is 0.177. The number of nitrogens with zero attached hydrogens (tertiary/aromatic N) is 4. The predicted octanol–water partition coefficient (Wildman–Crippen LogP) is 11.2. The van der Waals surface area contributed by atoms with Crippen LogP contribution in [-0.2, 0) is 5.41 Å². The van der Waals surface area contributed by atoms with E-state index < -0.39 is 5.41 Å². The van der Waals surface area contributed by atoms with E-state index in [1.807, 2.05) is 60.7 Å². The van der Waals surface area contributed by atoms with Gasteiger partial charge >= 0.3 is 0 Å². The van der Waals surface area contributed by atoms with Crippen LogP contribution in [0.4, 0.5) is 0 Å². The molecule has 7 aromatic carbocycles. The largest absolute Gasteiger partial charge is 0.309 e. The Morgan fingerprint density at radius 1 is 0.491 bits per heavy atom. The van der Waals surface area contributed by atoms with E-state index in [0.717, 1.165) is 28.7 Å². The maximum absolute atomic E-state index is 4.99. The Morgan fingerprint density at radius 2 is 1.00 bits per heavy atom. The molecule has 0 radical (unpaired) electrons. The first-order chi connectivity index (χ1) is 28.2. The number of fused-ring (bicyclic) bond motifs is 9. The molecule has 0 bridgehead atoms. The molecule has 1 aliphatic heterocycles. The standard InChI is InChI=1S/C53H38N4/c1-3-16-47-39(4-2)42-23-15-26-45-49(42)57(47)48-32-31-38(33-46(48)53(45)43-24-13-11-21-40(43)41-22-12-14-25-44(41)53)34-27-29-37(30-28-34)52-55-50(35-17-7-5-8-18-35)54-51(56-52)36-19-9-6-10-20-36/h4-33H,3H2,1-2H3/b39-4-,47-16+. The van der Waals surface area contributed by atoms with Crippen molar-refractivity contribution in [3.8, 4) is 62.1 Å². The highest BCUT2D eigenvalue weighted by Crippen LogP contribution is 2.60. The molecule has 9 aromatic rings. The van der Waals surface area contributed by atoms with Gasteiger partial charge in [0.15, 0.2) is 17.5 Å². The van der Waals surface area contributed by atoms with Crippen molar-refractivity contribution in [1.29, 1.82) is 0 Å². The van der Waals surface area contributed by atoms with Crippen molar-refractivity contribution in [2.24, 2.45) is 0 Å². The number of para-hydroxylation sites is 1. The average molecular weight is 731 g/mol. The van der Waals surface area contributed by atoms with Gasteiger partial charge in [-0.2, -0.15) is 0 Å². The summed E-state index contributed by atoms with van der Waals surface area (Å²) in [5, 5.41) is 3.85. The lowest BCUT2D eigenvalue weighted by Crippen LogP contribution is -2.36. The topological polar surface area (TPSA) is 43.6 Å². The van der Waals surface area contributed by atoms with Crippen molar-refractivity contribution in [3.63, 3.8) is 0 Å². The van der Waals surface area contributed by atoms with Crippen LogP contribution in [0.25, 0.3) is 85.2 Å². The van der Waals surface area contributed by atoms with E-state index in [-0.39, 0.29) is 0 Å². The van der Waals surface area contributed by atoms with Gasteiger partial charge in [0.05, 0.1) is 16.6 Å². The van der Waals surface area contributed by atoms with E-state index in [1.165, 1.54) is 66.1 Å². The van der Waals surface area contributed by atoms with Crippen molar-refractivity contribution >= 4 is 23.1 Å². The predicted molar refractivity (Wildman–Crippen MR) is 233 cm³/mol. The minimum atomic E-state index is -0.493. The summed E-state index contributed by atoms with van der Waals surface area (Å²) in [5.74, 6) is 1.96. The molecular formula is C53H38N4. The van der Waals surface area contributed by atoms with Crippen LogP contribution in [-0.4, -0.2) is 19.5 Å². The minimum Gasteiger partial charge on any atom is -0.309 e. The zero-order chi connectivity index (χ0) is 38.1. The van der Waals surface area contributed by atoms with Gasteiger partial charge in [-0.05, 0) is 70.0 Å². The van der Waals surface area contributed by atoms with Gasteiger partial charge < -0.3 is 4.57 Å². The fraction of sp³-hybridized carbons (Fsp3) is 0.0755. The third-order valence-electron chi connectivity index (χ3n) is 11.9. The molecule has 57 heavy (non-hydrogen) atoms. The van der Waals surface area contributed by atoms with E-state index in [1.54, 1.807) is 0 Å². The van der Waals surface area contributed by atoms with Gasteiger partial charge in [0.2, 0.25) is 0 Å². The van der Waals surface area contributed by atoms with Gasteiger partial charge in [-0.25, -0.2) is 15.0 Å². The second kappa shape index (κ2) is 13.0. The summed E-state index contributed by atoms with van der Waals surface area (Å²) < 4.78 is 2.54. The zero-order valence-electron chi connectivity index (χ0n) is 31.8. The molecule has 0 atom stereocenters. The fourth-order valence-corrected chi connectivity index (χ4v) is 9.55. The van der Waals surface area contributed by atoms with Crippen LogP contribution in [0.15, 0.2) is 170 Å². The van der Waals surface area contributed by atoms with E-state index in [2.05, 4.69) is 140 Å². The van der Waals surface area contributed by atoms with Crippen molar-refractivity contribution in [3.05, 3.63) is 203 Å². The summed E-state index contributed by atoms with van der Waals surface area (Å²) in [7, 11) is 0. The maximum Gasteiger partial charge on any atom is 0.164 e. The SMILES string of the molecule is C/C=c1\c(=C/CC)n2c3c(cccc13)C1(c3ccccc3-c3ccccc31)c1cc(-c3ccc(-c4nc(-c5ccccc5)nc(-c5ccccc5)n4)cc3)ccc1-2. The van der Waals surface area contributed by atoms with Gasteiger partial charge in [-0.1, -0.05) is 177 Å². The van der Waals surface area contributed by atoms with Crippen LogP contribution in [0.5, 0.6) is 0 Å². The van der Waals surface area contributed by atoms with Crippen LogP contribution in [0, 0.1) is 0 Å². The average Bonchev–Trinajstić information content (AvgIpc) is 3.76. The Bertz CT molecular complexity index is 3060. The molecule has 2 aromatic heterocycles. The van der Waals surface area contributed by atoms with Crippen LogP contribution in [0.1, 0.15) is 42.5 Å². The molecule has 0 saturated carbocycles. The van der Waals surface area contributed by atoms with Crippen LogP contribution < -0.4 is 10.6 Å². The molecular weight excluding hydrogens is 693 g/mol. The van der Waals surface area contributed by atoms with Gasteiger partial charge in [0, 0.05) is 32.6 Å². The molecule has 270 valence electrons. The first-order valence-electron chi connectivity index (χ1n) is 19.8. The van der Waals surface area contributed by atoms with Gasteiger partial charge in [-0.15, -0.1) is 0 Å². The highest BCUT2D eigenvalue weighted by Gasteiger charge is 2.50. The lowest BCUT2D eigenvalue weighted by Gasteiger charge is -2.39. The lowest BCUT2D eigenvalue weighted by atomic mass is 9.65. The van der Waals surface area contributed by atoms with E-state index >= 15 is 0 Å². The molecule has 0 amide bonds. The number of aromatic nitrogens is 4. The molecule has 3 heterocycles. The Morgan fingerprint density at radius 3 is 1.58 bits per heavy atom. The second-order valence-corrected chi connectivity index (χ2v) is 14.9. The molecule has 2 aliphatic rings. The van der Waals surface area contributed by atoms with Crippen molar-refractivity contribution in [2.75, 3.05) is 0 Å². The number of hydrogen-bond donors (Lipinski definition) is 0. The summed E-state index contributed by atoms with van der Waals surface area (Å²) in [6, 6.07) is 61.1. The van der Waals surface area contributed by atoms with E-state index in [4.69, 9.17) is 15.0 Å². The molecule has 0 unspecified atom stereocenters. The summed E-state index contributed by atoms with van der Waals surface area (Å²) in [5.41, 5.74) is 15.1. The molecule has 1 spiro atoms. The second-order valence-electron chi connectivity index (χ2n) is 14.9. The third-order valence-corrected chi connectivity index (χ3v) is 11.9. The Balaban J connectivity index is 1.12. The first-order valence-corrected chi connectivity index (χ1v) is 19.8. The first kappa shape index (κ1) is 33.2. The number of rotatable bonds is 5. The summed E-state index contributed by atoms with van der Waals surface area (Å²) in [6.07, 6.45) is 5.62. The Labute approximate surface area is 331 Å². The van der Waals surface area contributed by atoms with E-state index in [9.17, 15) is 0 Å². The number of hydrogen-bond acceptors (Lipinski definition) is 3. The Kier molecular flexibility index (Phi) is 7.55. The number of benzene rings is 7. The molecule has 1 aliphatic carbocycles. The normalized spacial score (nSPS) is 13.9. The van der Waals surface area contributed by atoms with Gasteiger partial charge in [0.25, 0.3) is 0 Å². The van der Waals surface area contributed by atoms with Crippen molar-refractivity contribution in [2.45, 2.75) is 25.7 Å². The highest BCUT2D eigenvalue weighted by atomic mass is 15.0. The zero-order valence-corrected chi connectivity index (χ0v) is 31.8. The highest BCUT2D eigenvalue weighted by molar-refractivity contribution is 5.98. The molecule has 11 rings (SSSR count). The van der Waals surface area contributed by atoms with Gasteiger partial charge in [-0.3, -0.25) is 0 Å². The minimum absolute atomic E-state index is 0.493. The molecule has 4 heteroatoms. The van der Waals surface area contributed by atoms with Crippen molar-refractivity contribution in [1.82, 2.24) is 19.5 Å². The van der Waals surface area contributed by atoms with Gasteiger partial charge in [0.1, 0.15) is 0 Å². The summed E-state index contributed by atoms with van der Waals surface area (Å²) >= 11 is 0.